The molecule has 0 N–H and O–H groups in total. The maximum atomic E-state index is 13.2. The van der Waals surface area contributed by atoms with Gasteiger partial charge in [0.2, 0.25) is 0 Å². The molecule has 0 bridgehead atoms. The van der Waals surface area contributed by atoms with E-state index in [0.717, 1.165) is 31.5 Å². The van der Waals surface area contributed by atoms with E-state index in [4.69, 9.17) is 0 Å². The molecule has 1 aliphatic heterocycles. The number of amides is 1. The Morgan fingerprint density at radius 1 is 1.24 bits per heavy atom. The number of pyridine rings is 1. The number of alkyl halides is 3. The molecule has 4 nitrogen and oxygen atoms in total. The minimum absolute atomic E-state index is 0.0669. The second-order valence-corrected chi connectivity index (χ2v) is 6.75. The van der Waals surface area contributed by atoms with Gasteiger partial charge in [0, 0.05) is 18.3 Å². The number of likely N-dealkylation sites (tertiary alicyclic amines) is 1. The van der Waals surface area contributed by atoms with Gasteiger partial charge < -0.3 is 4.90 Å². The summed E-state index contributed by atoms with van der Waals surface area (Å²) in [4.78, 5) is 19.4. The van der Waals surface area contributed by atoms with Crippen molar-refractivity contribution < 1.29 is 18.0 Å². The third kappa shape index (κ3) is 3.12. The Morgan fingerprint density at radius 3 is 2.44 bits per heavy atom. The maximum Gasteiger partial charge on any atom is 0.417 e. The zero-order valence-corrected chi connectivity index (χ0v) is 14.6. The average Bonchev–Trinajstić information content (AvgIpc) is 2.91. The Hall–Kier alpha value is -2.05. The molecule has 2 atom stereocenters. The molecule has 7 heteroatoms. The number of hydrogen-bond acceptors (Lipinski definition) is 2. The van der Waals surface area contributed by atoms with Crippen LogP contribution in [0.5, 0.6) is 0 Å². The number of carbonyl (C=O) groups is 1. The summed E-state index contributed by atoms with van der Waals surface area (Å²) >= 11 is 0. The molecule has 2 aromatic rings. The molecule has 1 fully saturated rings. The predicted molar refractivity (Wildman–Crippen MR) is 88.5 cm³/mol. The van der Waals surface area contributed by atoms with E-state index in [-0.39, 0.29) is 23.7 Å². The summed E-state index contributed by atoms with van der Waals surface area (Å²) in [5, 5.41) is 0. The van der Waals surface area contributed by atoms with Crippen molar-refractivity contribution in [1.29, 1.82) is 0 Å². The lowest BCUT2D eigenvalue weighted by molar-refractivity contribution is -0.137. The molecule has 3 rings (SSSR count). The quantitative estimate of drug-likeness (QED) is 0.806. The first-order valence-electron chi connectivity index (χ1n) is 8.64. The highest BCUT2D eigenvalue weighted by atomic mass is 19.4. The normalized spacial score (nSPS) is 21.8. The fourth-order valence-electron chi connectivity index (χ4n) is 3.68. The highest BCUT2D eigenvalue weighted by Crippen LogP contribution is 2.31. The summed E-state index contributed by atoms with van der Waals surface area (Å²) in [6, 6.07) is 2.46. The number of piperidine rings is 1. The van der Waals surface area contributed by atoms with Crippen LogP contribution in [0.3, 0.4) is 0 Å². The Balaban J connectivity index is 2.14. The van der Waals surface area contributed by atoms with E-state index in [9.17, 15) is 18.0 Å². The van der Waals surface area contributed by atoms with E-state index in [1.165, 1.54) is 10.5 Å². The summed E-state index contributed by atoms with van der Waals surface area (Å²) in [7, 11) is 0. The van der Waals surface area contributed by atoms with Crippen LogP contribution in [0, 0.1) is 0 Å². The Labute approximate surface area is 144 Å². The van der Waals surface area contributed by atoms with E-state index < -0.39 is 11.7 Å². The van der Waals surface area contributed by atoms with Gasteiger partial charge in [-0.1, -0.05) is 6.92 Å². The van der Waals surface area contributed by atoms with Gasteiger partial charge in [-0.15, -0.1) is 0 Å². The Morgan fingerprint density at radius 2 is 1.88 bits per heavy atom. The van der Waals surface area contributed by atoms with Crippen molar-refractivity contribution in [3.8, 4) is 0 Å². The third-order valence-corrected chi connectivity index (χ3v) is 4.98. The monoisotopic (exact) mass is 353 g/mol. The van der Waals surface area contributed by atoms with Crippen molar-refractivity contribution in [2.75, 3.05) is 0 Å². The van der Waals surface area contributed by atoms with E-state index in [2.05, 4.69) is 4.98 Å². The topological polar surface area (TPSA) is 37.6 Å². The van der Waals surface area contributed by atoms with Gasteiger partial charge in [-0.05, 0) is 51.7 Å². The molecule has 1 aliphatic rings. The SMILES string of the molecule is CCc1nc2ccc(C(F)(F)F)cn2c1C(=O)N1C(C)CCCC1C. The molecule has 0 spiro atoms. The third-order valence-electron chi connectivity index (χ3n) is 4.98. The van der Waals surface area contributed by atoms with Crippen molar-refractivity contribution in [1.82, 2.24) is 14.3 Å². The van der Waals surface area contributed by atoms with Crippen LogP contribution in [0.15, 0.2) is 18.3 Å². The largest absolute Gasteiger partial charge is 0.417 e. The number of imidazole rings is 1. The number of aromatic nitrogens is 2. The van der Waals surface area contributed by atoms with Crippen LogP contribution in [-0.4, -0.2) is 32.3 Å². The number of carbonyl (C=O) groups excluding carboxylic acids is 1. The van der Waals surface area contributed by atoms with Crippen LogP contribution in [0.4, 0.5) is 13.2 Å². The molecule has 1 amide bonds. The van der Waals surface area contributed by atoms with Crippen molar-refractivity contribution in [3.63, 3.8) is 0 Å². The van der Waals surface area contributed by atoms with Gasteiger partial charge in [-0.2, -0.15) is 13.2 Å². The van der Waals surface area contributed by atoms with Gasteiger partial charge in [0.1, 0.15) is 11.3 Å². The fourth-order valence-corrected chi connectivity index (χ4v) is 3.68. The van der Waals surface area contributed by atoms with Crippen LogP contribution < -0.4 is 0 Å². The first-order chi connectivity index (χ1) is 11.7. The first kappa shape index (κ1) is 17.8. The molecular weight excluding hydrogens is 331 g/mol. The molecule has 0 saturated carbocycles. The maximum absolute atomic E-state index is 13.2. The summed E-state index contributed by atoms with van der Waals surface area (Å²) in [6.07, 6.45) is -0.131. The van der Waals surface area contributed by atoms with Crippen LogP contribution >= 0.6 is 0 Å². The lowest BCUT2D eigenvalue weighted by atomic mass is 9.97. The molecule has 2 unspecified atom stereocenters. The van der Waals surface area contributed by atoms with Gasteiger partial charge in [0.05, 0.1) is 11.3 Å². The van der Waals surface area contributed by atoms with E-state index in [0.29, 0.717) is 17.8 Å². The molecule has 136 valence electrons. The summed E-state index contributed by atoms with van der Waals surface area (Å²) in [5.74, 6) is -0.233. The van der Waals surface area contributed by atoms with Crippen molar-refractivity contribution in [3.05, 3.63) is 35.3 Å². The highest BCUT2D eigenvalue weighted by Gasteiger charge is 2.35. The standard InChI is InChI=1S/C18H22F3N3O/c1-4-14-16(17(25)24-11(2)6-5-7-12(24)3)23-10-13(18(19,20)21)8-9-15(23)22-14/h8-12H,4-7H2,1-3H3. The lowest BCUT2D eigenvalue weighted by Gasteiger charge is -2.39. The highest BCUT2D eigenvalue weighted by molar-refractivity contribution is 5.95. The minimum atomic E-state index is -4.46. The Bertz CT molecular complexity index is 787. The van der Waals surface area contributed by atoms with Crippen molar-refractivity contribution in [2.45, 2.75) is 64.7 Å². The number of rotatable bonds is 2. The van der Waals surface area contributed by atoms with Gasteiger partial charge in [0.25, 0.3) is 5.91 Å². The molecule has 0 radical (unpaired) electrons. The van der Waals surface area contributed by atoms with Crippen LogP contribution in [0.1, 0.15) is 61.8 Å². The molecule has 1 saturated heterocycles. The molecule has 3 heterocycles. The second-order valence-electron chi connectivity index (χ2n) is 6.75. The van der Waals surface area contributed by atoms with Crippen LogP contribution in [0.25, 0.3) is 5.65 Å². The minimum Gasteiger partial charge on any atom is -0.332 e. The first-order valence-corrected chi connectivity index (χ1v) is 8.64. The average molecular weight is 353 g/mol. The number of halogens is 3. The second kappa shape index (κ2) is 6.35. The zero-order valence-electron chi connectivity index (χ0n) is 14.6. The zero-order chi connectivity index (χ0) is 18.4. The smallest absolute Gasteiger partial charge is 0.332 e. The van der Waals surface area contributed by atoms with Crippen molar-refractivity contribution in [2.24, 2.45) is 0 Å². The van der Waals surface area contributed by atoms with E-state index in [1.807, 2.05) is 20.8 Å². The predicted octanol–water partition coefficient (Wildman–Crippen LogP) is 4.32. The summed E-state index contributed by atoms with van der Waals surface area (Å²) in [6.45, 7) is 5.83. The van der Waals surface area contributed by atoms with Crippen LogP contribution in [-0.2, 0) is 12.6 Å². The van der Waals surface area contributed by atoms with Gasteiger partial charge >= 0.3 is 6.18 Å². The fraction of sp³-hybridized carbons (Fsp3) is 0.556. The summed E-state index contributed by atoms with van der Waals surface area (Å²) in [5.41, 5.74) is 0.373. The number of hydrogen-bond donors (Lipinski definition) is 0. The van der Waals surface area contributed by atoms with Gasteiger partial charge in [-0.3, -0.25) is 9.20 Å². The van der Waals surface area contributed by atoms with Crippen molar-refractivity contribution >= 4 is 11.6 Å². The lowest BCUT2D eigenvalue weighted by Crippen LogP contribution is -2.48. The van der Waals surface area contributed by atoms with Crippen LogP contribution in [0.2, 0.25) is 0 Å². The molecule has 25 heavy (non-hydrogen) atoms. The Kier molecular flexibility index (Phi) is 4.51. The van der Waals surface area contributed by atoms with Gasteiger partial charge in [0.15, 0.2) is 0 Å². The number of nitrogens with zero attached hydrogens (tertiary/aromatic N) is 3. The summed E-state index contributed by atoms with van der Waals surface area (Å²) < 4.78 is 40.6. The molecular formula is C18H22F3N3O. The van der Waals surface area contributed by atoms with E-state index in [1.54, 1.807) is 4.90 Å². The van der Waals surface area contributed by atoms with E-state index >= 15 is 0 Å². The molecule has 0 aliphatic carbocycles. The number of aryl methyl sites for hydroxylation is 1. The molecule has 0 aromatic carbocycles. The molecule has 2 aromatic heterocycles. The number of fused-ring (bicyclic) bond motifs is 1. The van der Waals surface area contributed by atoms with Gasteiger partial charge in [-0.25, -0.2) is 4.98 Å².